The van der Waals surface area contributed by atoms with Crippen LogP contribution in [0, 0.1) is 0 Å². The van der Waals surface area contributed by atoms with Crippen LogP contribution in [0.15, 0.2) is 30.3 Å². The number of carboxylic acid groups (broad SMARTS) is 2. The molecule has 0 heterocycles. The zero-order chi connectivity index (χ0) is 14.1. The Morgan fingerprint density at radius 2 is 1.84 bits per heavy atom. The molecule has 0 aliphatic rings. The topological polar surface area (TPSA) is 86.6 Å². The van der Waals surface area contributed by atoms with Crippen molar-refractivity contribution in [1.82, 2.24) is 5.32 Å². The molecule has 3 N–H and O–H groups in total. The first kappa shape index (κ1) is 15.5. The first-order valence-electron chi connectivity index (χ1n) is 5.86. The van der Waals surface area contributed by atoms with E-state index in [1.54, 1.807) is 0 Å². The van der Waals surface area contributed by atoms with Gasteiger partial charge in [-0.05, 0) is 5.56 Å². The predicted octanol–water partition coefficient (Wildman–Crippen LogP) is 1.26. The molecule has 0 aliphatic carbocycles. The molecule has 19 heavy (non-hydrogen) atoms. The van der Waals surface area contributed by atoms with E-state index in [0.29, 0.717) is 12.3 Å². The summed E-state index contributed by atoms with van der Waals surface area (Å²) in [7, 11) is 0. The zero-order valence-corrected chi connectivity index (χ0v) is 11.2. The molecule has 1 aromatic carbocycles. The van der Waals surface area contributed by atoms with Crippen molar-refractivity contribution in [2.75, 3.05) is 24.6 Å². The van der Waals surface area contributed by atoms with Crippen molar-refractivity contribution in [3.63, 3.8) is 0 Å². The molecule has 0 aromatic heterocycles. The van der Waals surface area contributed by atoms with E-state index in [0.717, 1.165) is 5.56 Å². The summed E-state index contributed by atoms with van der Waals surface area (Å²) in [5.74, 6) is -0.934. The molecule has 5 nitrogen and oxygen atoms in total. The van der Waals surface area contributed by atoms with Crippen molar-refractivity contribution >= 4 is 23.7 Å². The van der Waals surface area contributed by atoms with Crippen LogP contribution in [0.1, 0.15) is 11.5 Å². The van der Waals surface area contributed by atoms with E-state index in [4.69, 9.17) is 10.2 Å². The third kappa shape index (κ3) is 6.83. The summed E-state index contributed by atoms with van der Waals surface area (Å²) in [6, 6.07) is 9.68. The summed E-state index contributed by atoms with van der Waals surface area (Å²) >= 11 is 1.34. The standard InChI is InChI=1S/C13H17NO4S/c15-12(16)7-14-6-11(8-19-9-13(17)18)10-4-2-1-3-5-10/h1-5,11,14H,6-9H2,(H,15,16)(H,17,18). The van der Waals surface area contributed by atoms with Gasteiger partial charge in [0.25, 0.3) is 0 Å². The zero-order valence-electron chi connectivity index (χ0n) is 10.4. The Morgan fingerprint density at radius 1 is 1.16 bits per heavy atom. The Balaban J connectivity index is 2.52. The highest BCUT2D eigenvalue weighted by Crippen LogP contribution is 2.20. The van der Waals surface area contributed by atoms with Crippen LogP contribution in [0.4, 0.5) is 0 Å². The third-order valence-electron chi connectivity index (χ3n) is 2.48. The predicted molar refractivity (Wildman–Crippen MR) is 74.6 cm³/mol. The molecule has 1 rings (SSSR count). The first-order valence-corrected chi connectivity index (χ1v) is 7.02. The number of nitrogens with one attached hydrogen (secondary N) is 1. The molecule has 0 aliphatic heterocycles. The summed E-state index contributed by atoms with van der Waals surface area (Å²) in [4.78, 5) is 21.0. The van der Waals surface area contributed by atoms with Gasteiger partial charge in [-0.1, -0.05) is 30.3 Å². The average Bonchev–Trinajstić information content (AvgIpc) is 2.37. The number of hydrogen-bond donors (Lipinski definition) is 3. The lowest BCUT2D eigenvalue weighted by Gasteiger charge is -2.17. The summed E-state index contributed by atoms with van der Waals surface area (Å²) < 4.78 is 0. The highest BCUT2D eigenvalue weighted by Gasteiger charge is 2.12. The van der Waals surface area contributed by atoms with Gasteiger partial charge in [-0.2, -0.15) is 0 Å². The van der Waals surface area contributed by atoms with Gasteiger partial charge >= 0.3 is 11.9 Å². The Bertz CT molecular complexity index is 390. The number of hydrogen-bond acceptors (Lipinski definition) is 4. The molecule has 104 valence electrons. The summed E-state index contributed by atoms with van der Waals surface area (Å²) in [6.45, 7) is 0.426. The minimum absolute atomic E-state index is 0.0578. The molecule has 1 aromatic rings. The fraction of sp³-hybridized carbons (Fsp3) is 0.385. The van der Waals surface area contributed by atoms with Crippen molar-refractivity contribution in [1.29, 1.82) is 0 Å². The van der Waals surface area contributed by atoms with Gasteiger partial charge in [0.05, 0.1) is 12.3 Å². The molecule has 0 saturated carbocycles. The van der Waals surface area contributed by atoms with Crippen LogP contribution >= 0.6 is 11.8 Å². The normalized spacial score (nSPS) is 12.0. The van der Waals surface area contributed by atoms with Gasteiger partial charge in [0, 0.05) is 18.2 Å². The molecule has 0 spiro atoms. The van der Waals surface area contributed by atoms with Crippen LogP contribution in [0.25, 0.3) is 0 Å². The molecule has 0 amide bonds. The molecule has 1 atom stereocenters. The highest BCUT2D eigenvalue weighted by molar-refractivity contribution is 7.99. The van der Waals surface area contributed by atoms with E-state index in [9.17, 15) is 9.59 Å². The van der Waals surface area contributed by atoms with Crippen molar-refractivity contribution < 1.29 is 19.8 Å². The Kier molecular flexibility index (Phi) is 6.99. The molecule has 0 fully saturated rings. The Morgan fingerprint density at radius 3 is 2.42 bits per heavy atom. The molecular formula is C13H17NO4S. The SMILES string of the molecule is O=C(O)CNCC(CSCC(=O)O)c1ccccc1. The molecule has 0 radical (unpaired) electrons. The van der Waals surface area contributed by atoms with Gasteiger partial charge in [-0.3, -0.25) is 9.59 Å². The molecule has 1 unspecified atom stereocenters. The number of benzene rings is 1. The lowest BCUT2D eigenvalue weighted by molar-refractivity contribution is -0.136. The van der Waals surface area contributed by atoms with Gasteiger partial charge in [0.1, 0.15) is 0 Å². The summed E-state index contributed by atoms with van der Waals surface area (Å²) in [5.41, 5.74) is 1.08. The fourth-order valence-electron chi connectivity index (χ4n) is 1.64. The molecule has 6 heteroatoms. The van der Waals surface area contributed by atoms with Crippen LogP contribution in [-0.2, 0) is 9.59 Å². The molecule has 0 bridgehead atoms. The quantitative estimate of drug-likeness (QED) is 0.632. The van der Waals surface area contributed by atoms with E-state index >= 15 is 0 Å². The summed E-state index contributed by atoms with van der Waals surface area (Å²) in [5, 5.41) is 20.1. The number of carbonyl (C=O) groups is 2. The summed E-state index contributed by atoms with van der Waals surface area (Å²) in [6.07, 6.45) is 0. The number of rotatable bonds is 9. The van der Waals surface area contributed by atoms with Gasteiger partial charge in [-0.15, -0.1) is 11.8 Å². The minimum atomic E-state index is -0.898. The van der Waals surface area contributed by atoms with Gasteiger partial charge in [-0.25, -0.2) is 0 Å². The number of aliphatic carboxylic acids is 2. The van der Waals surface area contributed by atoms with Gasteiger partial charge < -0.3 is 15.5 Å². The Hall–Kier alpha value is -1.53. The smallest absolute Gasteiger partial charge is 0.317 e. The van der Waals surface area contributed by atoms with Crippen LogP contribution in [0.5, 0.6) is 0 Å². The van der Waals surface area contributed by atoms with E-state index in [1.165, 1.54) is 11.8 Å². The Labute approximate surface area is 116 Å². The maximum absolute atomic E-state index is 10.5. The first-order chi connectivity index (χ1) is 9.09. The van der Waals surface area contributed by atoms with E-state index in [2.05, 4.69) is 5.32 Å². The van der Waals surface area contributed by atoms with E-state index < -0.39 is 11.9 Å². The number of carboxylic acids is 2. The second-order valence-electron chi connectivity index (χ2n) is 4.04. The largest absolute Gasteiger partial charge is 0.481 e. The average molecular weight is 283 g/mol. The van der Waals surface area contributed by atoms with Crippen LogP contribution < -0.4 is 5.32 Å². The maximum atomic E-state index is 10.5. The lowest BCUT2D eigenvalue weighted by Crippen LogP contribution is -2.28. The van der Waals surface area contributed by atoms with Crippen molar-refractivity contribution in [2.24, 2.45) is 0 Å². The second kappa shape index (κ2) is 8.55. The maximum Gasteiger partial charge on any atom is 0.317 e. The van der Waals surface area contributed by atoms with E-state index in [1.807, 2.05) is 30.3 Å². The second-order valence-corrected chi connectivity index (χ2v) is 5.07. The third-order valence-corrected chi connectivity index (χ3v) is 3.57. The van der Waals surface area contributed by atoms with Gasteiger partial charge in [0.2, 0.25) is 0 Å². The highest BCUT2D eigenvalue weighted by atomic mass is 32.2. The fourth-order valence-corrected chi connectivity index (χ4v) is 2.53. The van der Waals surface area contributed by atoms with E-state index in [-0.39, 0.29) is 18.2 Å². The lowest BCUT2D eigenvalue weighted by atomic mass is 10.0. The minimum Gasteiger partial charge on any atom is -0.481 e. The van der Waals surface area contributed by atoms with Crippen LogP contribution in [0.2, 0.25) is 0 Å². The molecular weight excluding hydrogens is 266 g/mol. The van der Waals surface area contributed by atoms with Crippen LogP contribution in [-0.4, -0.2) is 46.7 Å². The van der Waals surface area contributed by atoms with Crippen molar-refractivity contribution in [3.05, 3.63) is 35.9 Å². The monoisotopic (exact) mass is 283 g/mol. The number of thioether (sulfide) groups is 1. The molecule has 0 saturated heterocycles. The van der Waals surface area contributed by atoms with Crippen LogP contribution in [0.3, 0.4) is 0 Å². The van der Waals surface area contributed by atoms with Crippen molar-refractivity contribution in [2.45, 2.75) is 5.92 Å². The van der Waals surface area contributed by atoms with Gasteiger partial charge in [0.15, 0.2) is 0 Å². The van der Waals surface area contributed by atoms with Crippen molar-refractivity contribution in [3.8, 4) is 0 Å².